The molecule has 1 heterocycles. The second-order valence-corrected chi connectivity index (χ2v) is 2.92. The van der Waals surface area contributed by atoms with Gasteiger partial charge in [-0.2, -0.15) is 11.8 Å². The maximum absolute atomic E-state index is 10.5. The van der Waals surface area contributed by atoms with Gasteiger partial charge in [-0.15, -0.1) is 0 Å². The monoisotopic (exact) mass is 146 g/mol. The fourth-order valence-electron chi connectivity index (χ4n) is 0.805. The molecule has 0 saturated carbocycles. The SMILES string of the molecule is CSCC1CNC(=O)N1. The van der Waals surface area contributed by atoms with E-state index in [1.807, 2.05) is 6.26 Å². The van der Waals surface area contributed by atoms with Crippen molar-refractivity contribution >= 4 is 17.8 Å². The van der Waals surface area contributed by atoms with Crippen molar-refractivity contribution in [2.75, 3.05) is 18.6 Å². The molecule has 2 amide bonds. The van der Waals surface area contributed by atoms with E-state index in [1.54, 1.807) is 11.8 Å². The number of nitrogens with one attached hydrogen (secondary N) is 2. The number of hydrogen-bond acceptors (Lipinski definition) is 2. The Bertz CT molecular complexity index is 118. The molecule has 0 spiro atoms. The highest BCUT2D eigenvalue weighted by Crippen LogP contribution is 1.99. The average molecular weight is 146 g/mol. The Labute approximate surface area is 58.6 Å². The Hall–Kier alpha value is -0.380. The molecule has 1 atom stereocenters. The smallest absolute Gasteiger partial charge is 0.315 e. The average Bonchev–Trinajstić information content (AvgIpc) is 2.17. The highest BCUT2D eigenvalue weighted by Gasteiger charge is 2.18. The molecule has 0 bridgehead atoms. The predicted octanol–water partition coefficient (Wildman–Crippen LogP) is 0.0308. The van der Waals surface area contributed by atoms with Crippen LogP contribution < -0.4 is 10.6 Å². The molecule has 1 aliphatic rings. The lowest BCUT2D eigenvalue weighted by Gasteiger charge is -2.03. The molecule has 9 heavy (non-hydrogen) atoms. The second kappa shape index (κ2) is 2.96. The predicted molar refractivity (Wildman–Crippen MR) is 38.7 cm³/mol. The van der Waals surface area contributed by atoms with Gasteiger partial charge in [0, 0.05) is 12.3 Å². The molecule has 1 rings (SSSR count). The topological polar surface area (TPSA) is 41.1 Å². The number of thioether (sulfide) groups is 1. The lowest BCUT2D eigenvalue weighted by atomic mass is 10.4. The summed E-state index contributed by atoms with van der Waals surface area (Å²) in [5.74, 6) is 0.999. The number of carbonyl (C=O) groups excluding carboxylic acids is 1. The van der Waals surface area contributed by atoms with Crippen LogP contribution in [0.1, 0.15) is 0 Å². The lowest BCUT2D eigenvalue weighted by Crippen LogP contribution is -2.28. The van der Waals surface area contributed by atoms with Gasteiger partial charge in [0.25, 0.3) is 0 Å². The molecule has 1 unspecified atom stereocenters. The molecule has 0 aromatic carbocycles. The van der Waals surface area contributed by atoms with E-state index in [1.165, 1.54) is 0 Å². The Morgan fingerprint density at radius 3 is 3.11 bits per heavy atom. The first kappa shape index (κ1) is 6.74. The van der Waals surface area contributed by atoms with Gasteiger partial charge in [0.2, 0.25) is 0 Å². The maximum Gasteiger partial charge on any atom is 0.315 e. The quantitative estimate of drug-likeness (QED) is 0.577. The van der Waals surface area contributed by atoms with E-state index in [9.17, 15) is 4.79 Å². The summed E-state index contributed by atoms with van der Waals surface area (Å²) in [6, 6.07) is 0.307. The number of urea groups is 1. The van der Waals surface area contributed by atoms with Gasteiger partial charge in [0.1, 0.15) is 0 Å². The van der Waals surface area contributed by atoms with Crippen molar-refractivity contribution in [3.05, 3.63) is 0 Å². The van der Waals surface area contributed by atoms with Gasteiger partial charge in [-0.25, -0.2) is 4.79 Å². The lowest BCUT2D eigenvalue weighted by molar-refractivity contribution is 0.247. The molecular weight excluding hydrogens is 136 g/mol. The zero-order valence-corrected chi connectivity index (χ0v) is 6.12. The molecule has 3 nitrogen and oxygen atoms in total. The molecule has 0 aromatic rings. The summed E-state index contributed by atoms with van der Waals surface area (Å²) in [6.45, 7) is 0.777. The molecule has 52 valence electrons. The molecule has 1 saturated heterocycles. The Morgan fingerprint density at radius 1 is 1.89 bits per heavy atom. The van der Waals surface area contributed by atoms with Crippen molar-refractivity contribution in [1.29, 1.82) is 0 Å². The van der Waals surface area contributed by atoms with Crippen LogP contribution in [-0.2, 0) is 0 Å². The Morgan fingerprint density at radius 2 is 2.67 bits per heavy atom. The first-order valence-electron chi connectivity index (χ1n) is 2.86. The molecule has 1 aliphatic heterocycles. The van der Waals surface area contributed by atoms with E-state index < -0.39 is 0 Å². The van der Waals surface area contributed by atoms with E-state index in [0.717, 1.165) is 12.3 Å². The summed E-state index contributed by atoms with van der Waals surface area (Å²) in [7, 11) is 0. The second-order valence-electron chi connectivity index (χ2n) is 2.01. The molecule has 0 radical (unpaired) electrons. The fraction of sp³-hybridized carbons (Fsp3) is 0.800. The third-order valence-corrected chi connectivity index (χ3v) is 1.95. The van der Waals surface area contributed by atoms with E-state index in [0.29, 0.717) is 6.04 Å². The normalized spacial score (nSPS) is 25.4. The molecule has 2 N–H and O–H groups in total. The minimum absolute atomic E-state index is 0.0333. The van der Waals surface area contributed by atoms with E-state index in [2.05, 4.69) is 10.6 Å². The number of hydrogen-bond donors (Lipinski definition) is 2. The number of rotatable bonds is 2. The first-order valence-corrected chi connectivity index (χ1v) is 4.25. The van der Waals surface area contributed by atoms with E-state index >= 15 is 0 Å². The van der Waals surface area contributed by atoms with Crippen LogP contribution in [0.5, 0.6) is 0 Å². The van der Waals surface area contributed by atoms with Crippen molar-refractivity contribution in [3.8, 4) is 0 Å². The van der Waals surface area contributed by atoms with Gasteiger partial charge in [-0.05, 0) is 6.26 Å². The van der Waals surface area contributed by atoms with Gasteiger partial charge in [0.05, 0.1) is 6.04 Å². The highest BCUT2D eigenvalue weighted by molar-refractivity contribution is 7.98. The van der Waals surface area contributed by atoms with Crippen LogP contribution in [0, 0.1) is 0 Å². The summed E-state index contributed by atoms with van der Waals surface area (Å²) >= 11 is 1.75. The largest absolute Gasteiger partial charge is 0.336 e. The van der Waals surface area contributed by atoms with Crippen molar-refractivity contribution in [1.82, 2.24) is 10.6 Å². The Kier molecular flexibility index (Phi) is 2.22. The standard InChI is InChI=1S/C5H10N2OS/c1-9-3-4-2-6-5(8)7-4/h4H,2-3H2,1H3,(H2,6,7,8). The molecule has 1 fully saturated rings. The molecule has 0 aromatic heterocycles. The van der Waals surface area contributed by atoms with Gasteiger partial charge < -0.3 is 10.6 Å². The zero-order valence-electron chi connectivity index (χ0n) is 5.31. The highest BCUT2D eigenvalue weighted by atomic mass is 32.2. The number of carbonyl (C=O) groups is 1. The summed E-state index contributed by atoms with van der Waals surface area (Å²) in [5, 5.41) is 5.47. The first-order chi connectivity index (χ1) is 4.33. The third kappa shape index (κ3) is 1.78. The summed E-state index contributed by atoms with van der Waals surface area (Å²) in [6.07, 6.45) is 2.03. The van der Waals surface area contributed by atoms with Crippen molar-refractivity contribution < 1.29 is 4.79 Å². The summed E-state index contributed by atoms with van der Waals surface area (Å²) < 4.78 is 0. The van der Waals surface area contributed by atoms with Gasteiger partial charge in [-0.3, -0.25) is 0 Å². The Balaban J connectivity index is 2.22. The van der Waals surface area contributed by atoms with E-state index in [4.69, 9.17) is 0 Å². The third-order valence-electron chi connectivity index (χ3n) is 1.21. The summed E-state index contributed by atoms with van der Waals surface area (Å²) in [5.41, 5.74) is 0. The number of amides is 2. The van der Waals surface area contributed by atoms with Gasteiger partial charge in [-0.1, -0.05) is 0 Å². The zero-order chi connectivity index (χ0) is 6.69. The minimum Gasteiger partial charge on any atom is -0.336 e. The van der Waals surface area contributed by atoms with Crippen LogP contribution >= 0.6 is 11.8 Å². The van der Waals surface area contributed by atoms with Crippen LogP contribution in [0.2, 0.25) is 0 Å². The van der Waals surface area contributed by atoms with Crippen LogP contribution in [0.3, 0.4) is 0 Å². The van der Waals surface area contributed by atoms with Crippen molar-refractivity contribution in [3.63, 3.8) is 0 Å². The van der Waals surface area contributed by atoms with E-state index in [-0.39, 0.29) is 6.03 Å². The molecule has 0 aliphatic carbocycles. The van der Waals surface area contributed by atoms with Crippen LogP contribution in [0.15, 0.2) is 0 Å². The van der Waals surface area contributed by atoms with Gasteiger partial charge in [0.15, 0.2) is 0 Å². The summed E-state index contributed by atoms with van der Waals surface area (Å²) in [4.78, 5) is 10.5. The maximum atomic E-state index is 10.5. The minimum atomic E-state index is -0.0333. The van der Waals surface area contributed by atoms with Crippen LogP contribution in [-0.4, -0.2) is 30.6 Å². The van der Waals surface area contributed by atoms with Crippen LogP contribution in [0.25, 0.3) is 0 Å². The van der Waals surface area contributed by atoms with Crippen molar-refractivity contribution in [2.24, 2.45) is 0 Å². The van der Waals surface area contributed by atoms with Crippen LogP contribution in [0.4, 0.5) is 4.79 Å². The molecular formula is C5H10N2OS. The van der Waals surface area contributed by atoms with Gasteiger partial charge >= 0.3 is 6.03 Å². The van der Waals surface area contributed by atoms with Crippen molar-refractivity contribution in [2.45, 2.75) is 6.04 Å². The fourth-order valence-corrected chi connectivity index (χ4v) is 1.41. The molecule has 4 heteroatoms.